The molecule has 2 rings (SSSR count). The largest absolute Gasteiger partial charge is 0.481 e. The Morgan fingerprint density at radius 2 is 2.44 bits per heavy atom. The van der Waals surface area contributed by atoms with Gasteiger partial charge in [-0.25, -0.2) is 4.98 Å². The number of pyridine rings is 1. The first kappa shape index (κ1) is 11.5. The molecule has 1 aliphatic rings. The molecule has 0 bridgehead atoms. The summed E-state index contributed by atoms with van der Waals surface area (Å²) in [6, 6.07) is 3.85. The fraction of sp³-hybridized carbons (Fsp3) is 0.583. The molecular weight excluding hydrogens is 224 g/mol. The Labute approximate surface area is 101 Å². The number of aromatic nitrogens is 1. The topological polar surface area (TPSA) is 34.1 Å². The fourth-order valence-electron chi connectivity index (χ4n) is 2.10. The van der Waals surface area contributed by atoms with Crippen LogP contribution in [0.15, 0.2) is 18.3 Å². The van der Waals surface area contributed by atoms with Crippen molar-refractivity contribution < 1.29 is 4.74 Å². The molecule has 0 aromatic carbocycles. The summed E-state index contributed by atoms with van der Waals surface area (Å²) in [5.41, 5.74) is 1.04. The maximum absolute atomic E-state index is 6.23. The second-order valence-corrected chi connectivity index (χ2v) is 4.74. The van der Waals surface area contributed by atoms with E-state index in [1.54, 1.807) is 13.3 Å². The van der Waals surface area contributed by atoms with Crippen LogP contribution in [-0.2, 0) is 0 Å². The summed E-state index contributed by atoms with van der Waals surface area (Å²) < 4.78 is 5.07. The third-order valence-corrected chi connectivity index (χ3v) is 3.65. The van der Waals surface area contributed by atoms with Crippen LogP contribution in [0, 0.1) is 5.92 Å². The van der Waals surface area contributed by atoms with E-state index in [-0.39, 0.29) is 0 Å². The molecular formula is C12H17ClN2O. The van der Waals surface area contributed by atoms with Crippen LogP contribution < -0.4 is 10.1 Å². The maximum atomic E-state index is 6.23. The van der Waals surface area contributed by atoms with Gasteiger partial charge in [-0.2, -0.15) is 0 Å². The molecule has 16 heavy (non-hydrogen) atoms. The quantitative estimate of drug-likeness (QED) is 0.822. The van der Waals surface area contributed by atoms with Gasteiger partial charge in [0.05, 0.1) is 7.11 Å². The van der Waals surface area contributed by atoms with E-state index >= 15 is 0 Å². The summed E-state index contributed by atoms with van der Waals surface area (Å²) in [6.45, 7) is 0.932. The highest BCUT2D eigenvalue weighted by molar-refractivity contribution is 6.20. The SMILES string of the molecule is COc1cc(NCC2CCCC2Cl)ccn1. The van der Waals surface area contributed by atoms with E-state index in [0.29, 0.717) is 17.2 Å². The van der Waals surface area contributed by atoms with E-state index < -0.39 is 0 Å². The molecule has 1 aromatic rings. The molecule has 1 aromatic heterocycles. The molecule has 2 unspecified atom stereocenters. The predicted octanol–water partition coefficient (Wildman–Crippen LogP) is 2.91. The molecule has 2 atom stereocenters. The number of nitrogens with zero attached hydrogens (tertiary/aromatic N) is 1. The van der Waals surface area contributed by atoms with Gasteiger partial charge in [0.1, 0.15) is 0 Å². The highest BCUT2D eigenvalue weighted by Crippen LogP contribution is 2.30. The third kappa shape index (κ3) is 2.79. The molecule has 0 aliphatic heterocycles. The van der Waals surface area contributed by atoms with Crippen molar-refractivity contribution in [2.45, 2.75) is 24.6 Å². The first-order valence-corrected chi connectivity index (χ1v) is 6.11. The van der Waals surface area contributed by atoms with Gasteiger partial charge in [0.15, 0.2) is 0 Å². The number of halogens is 1. The monoisotopic (exact) mass is 240 g/mol. The second kappa shape index (κ2) is 5.39. The lowest BCUT2D eigenvalue weighted by Crippen LogP contribution is -2.18. The van der Waals surface area contributed by atoms with Crippen molar-refractivity contribution in [3.63, 3.8) is 0 Å². The van der Waals surface area contributed by atoms with Gasteiger partial charge in [-0.05, 0) is 24.8 Å². The Bertz CT molecular complexity index is 346. The standard InChI is InChI=1S/C12H17ClN2O/c1-16-12-7-10(5-6-14-12)15-8-9-3-2-4-11(9)13/h5-7,9,11H,2-4,8H2,1H3,(H,14,15). The van der Waals surface area contributed by atoms with Crippen molar-refractivity contribution in [1.29, 1.82) is 0 Å². The van der Waals surface area contributed by atoms with Crippen LogP contribution in [0.5, 0.6) is 5.88 Å². The minimum atomic E-state index is 0.330. The highest BCUT2D eigenvalue weighted by Gasteiger charge is 2.24. The molecule has 88 valence electrons. The molecule has 0 spiro atoms. The lowest BCUT2D eigenvalue weighted by atomic mass is 10.1. The van der Waals surface area contributed by atoms with Gasteiger partial charge in [0.25, 0.3) is 0 Å². The molecule has 4 heteroatoms. The van der Waals surface area contributed by atoms with Gasteiger partial charge in [0.2, 0.25) is 5.88 Å². The van der Waals surface area contributed by atoms with E-state index in [1.807, 2.05) is 12.1 Å². The number of alkyl halides is 1. The molecule has 1 N–H and O–H groups in total. The zero-order chi connectivity index (χ0) is 11.4. The van der Waals surface area contributed by atoms with Crippen LogP contribution in [0.25, 0.3) is 0 Å². The van der Waals surface area contributed by atoms with Crippen molar-refractivity contribution in [2.24, 2.45) is 5.92 Å². The summed E-state index contributed by atoms with van der Waals surface area (Å²) in [7, 11) is 1.62. The number of hydrogen-bond acceptors (Lipinski definition) is 3. The number of rotatable bonds is 4. The van der Waals surface area contributed by atoms with Crippen molar-refractivity contribution in [1.82, 2.24) is 4.98 Å². The lowest BCUT2D eigenvalue weighted by Gasteiger charge is -2.15. The zero-order valence-corrected chi connectivity index (χ0v) is 10.2. The Balaban J connectivity index is 1.88. The summed E-state index contributed by atoms with van der Waals surface area (Å²) in [6.07, 6.45) is 5.37. The number of methoxy groups -OCH3 is 1. The molecule has 1 fully saturated rings. The van der Waals surface area contributed by atoms with Crippen LogP contribution in [0.2, 0.25) is 0 Å². The van der Waals surface area contributed by atoms with Crippen molar-refractivity contribution in [3.8, 4) is 5.88 Å². The van der Waals surface area contributed by atoms with Crippen LogP contribution in [-0.4, -0.2) is 24.0 Å². The highest BCUT2D eigenvalue weighted by atomic mass is 35.5. The van der Waals surface area contributed by atoms with Gasteiger partial charge in [-0.1, -0.05) is 6.42 Å². The average molecular weight is 241 g/mol. The summed E-state index contributed by atoms with van der Waals surface area (Å²) >= 11 is 6.23. The lowest BCUT2D eigenvalue weighted by molar-refractivity contribution is 0.398. The van der Waals surface area contributed by atoms with Crippen molar-refractivity contribution in [3.05, 3.63) is 18.3 Å². The summed E-state index contributed by atoms with van der Waals surface area (Å²) in [5.74, 6) is 1.22. The molecule has 0 amide bonds. The average Bonchev–Trinajstić information content (AvgIpc) is 2.72. The summed E-state index contributed by atoms with van der Waals surface area (Å²) in [4.78, 5) is 4.06. The van der Waals surface area contributed by atoms with Crippen molar-refractivity contribution >= 4 is 17.3 Å². The van der Waals surface area contributed by atoms with Gasteiger partial charge in [-0.15, -0.1) is 11.6 Å². The van der Waals surface area contributed by atoms with Gasteiger partial charge in [0, 0.05) is 29.9 Å². The van der Waals surface area contributed by atoms with Crippen molar-refractivity contribution in [2.75, 3.05) is 19.0 Å². The van der Waals surface area contributed by atoms with E-state index in [2.05, 4.69) is 10.3 Å². The Kier molecular flexibility index (Phi) is 3.88. The fourth-order valence-corrected chi connectivity index (χ4v) is 2.47. The predicted molar refractivity (Wildman–Crippen MR) is 66.3 cm³/mol. The smallest absolute Gasteiger partial charge is 0.214 e. The van der Waals surface area contributed by atoms with Gasteiger partial charge in [-0.3, -0.25) is 0 Å². The Hall–Kier alpha value is -0.960. The molecule has 1 saturated carbocycles. The van der Waals surface area contributed by atoms with Crippen LogP contribution in [0.4, 0.5) is 5.69 Å². The molecule has 3 nitrogen and oxygen atoms in total. The first-order chi connectivity index (χ1) is 7.79. The minimum Gasteiger partial charge on any atom is -0.481 e. The molecule has 1 aliphatic carbocycles. The minimum absolute atomic E-state index is 0.330. The van der Waals surface area contributed by atoms with E-state index in [1.165, 1.54) is 12.8 Å². The van der Waals surface area contributed by atoms with E-state index in [0.717, 1.165) is 18.7 Å². The number of nitrogens with one attached hydrogen (secondary N) is 1. The number of ether oxygens (including phenoxy) is 1. The third-order valence-electron chi connectivity index (χ3n) is 3.08. The van der Waals surface area contributed by atoms with Crippen LogP contribution >= 0.6 is 11.6 Å². The van der Waals surface area contributed by atoms with Gasteiger partial charge >= 0.3 is 0 Å². The second-order valence-electron chi connectivity index (χ2n) is 4.17. The van der Waals surface area contributed by atoms with Gasteiger partial charge < -0.3 is 10.1 Å². The van der Waals surface area contributed by atoms with Crippen LogP contribution in [0.1, 0.15) is 19.3 Å². The Morgan fingerprint density at radius 3 is 3.12 bits per heavy atom. The number of hydrogen-bond donors (Lipinski definition) is 1. The molecule has 0 saturated heterocycles. The summed E-state index contributed by atoms with van der Waals surface area (Å²) in [5, 5.41) is 3.72. The van der Waals surface area contributed by atoms with E-state index in [4.69, 9.17) is 16.3 Å². The Morgan fingerprint density at radius 1 is 1.56 bits per heavy atom. The molecule has 1 heterocycles. The maximum Gasteiger partial charge on any atom is 0.214 e. The first-order valence-electron chi connectivity index (χ1n) is 5.67. The number of anilines is 1. The van der Waals surface area contributed by atoms with Crippen LogP contribution in [0.3, 0.4) is 0 Å². The van der Waals surface area contributed by atoms with E-state index in [9.17, 15) is 0 Å². The zero-order valence-electron chi connectivity index (χ0n) is 9.45. The normalized spacial score (nSPS) is 24.4. The molecule has 0 radical (unpaired) electrons.